The van der Waals surface area contributed by atoms with Crippen LogP contribution in [0.2, 0.25) is 0 Å². The third-order valence-corrected chi connectivity index (χ3v) is 4.36. The van der Waals surface area contributed by atoms with Gasteiger partial charge in [-0.15, -0.1) is 0 Å². The molecule has 0 aliphatic rings. The summed E-state index contributed by atoms with van der Waals surface area (Å²) in [7, 11) is 0. The molecule has 0 atom stereocenters. The van der Waals surface area contributed by atoms with E-state index in [1.807, 2.05) is 6.08 Å². The molecule has 0 aliphatic heterocycles. The molecule has 2 N–H and O–H groups in total. The molecule has 0 unspecified atom stereocenters. The van der Waals surface area contributed by atoms with Crippen molar-refractivity contribution in [3.63, 3.8) is 0 Å². The molecule has 0 aliphatic carbocycles. The molecule has 0 amide bonds. The number of fused-ring (bicyclic) bond motifs is 1. The van der Waals surface area contributed by atoms with Crippen molar-refractivity contribution in [1.82, 2.24) is 25.4 Å². The smallest absolute Gasteiger partial charge is 0.184 e. The maximum absolute atomic E-state index is 14.6. The van der Waals surface area contributed by atoms with Gasteiger partial charge >= 0.3 is 0 Å². The second-order valence-electron chi connectivity index (χ2n) is 7.08. The van der Waals surface area contributed by atoms with E-state index >= 15 is 0 Å². The maximum atomic E-state index is 14.6. The molecule has 7 heteroatoms. The van der Waals surface area contributed by atoms with Crippen molar-refractivity contribution in [2.24, 2.45) is 5.92 Å². The van der Waals surface area contributed by atoms with Crippen molar-refractivity contribution >= 4 is 23.1 Å². The molecule has 2 aromatic carbocycles. The molecular weight excluding hydrogens is 360 g/mol. The van der Waals surface area contributed by atoms with Crippen LogP contribution in [-0.4, -0.2) is 25.4 Å². The highest BCUT2D eigenvalue weighted by Crippen LogP contribution is 2.27. The number of hydrogen-bond acceptors (Lipinski definition) is 3. The van der Waals surface area contributed by atoms with Gasteiger partial charge in [0, 0.05) is 17.9 Å². The average molecular weight is 379 g/mol. The molecule has 142 valence electrons. The van der Waals surface area contributed by atoms with E-state index in [4.69, 9.17) is 0 Å². The summed E-state index contributed by atoms with van der Waals surface area (Å²) >= 11 is 0. The first-order valence-electron chi connectivity index (χ1n) is 9.02. The van der Waals surface area contributed by atoms with Gasteiger partial charge in [0.05, 0.1) is 16.8 Å². The van der Waals surface area contributed by atoms with E-state index in [1.165, 1.54) is 18.2 Å². The van der Waals surface area contributed by atoms with Gasteiger partial charge in [-0.1, -0.05) is 32.1 Å². The standard InChI is InChI=1S/C21H19F2N5/c1-12(2)9-20-24-21(28-27-20)15-10-16-18(25-26-19(16)11-17(15)23)8-5-13-3-6-14(22)7-4-13/h3-8,10-12H,9H2,1-2H3,(H,25,26)(H,24,27,28)/b8-5+. The van der Waals surface area contributed by atoms with Gasteiger partial charge in [-0.3, -0.25) is 10.2 Å². The lowest BCUT2D eigenvalue weighted by atomic mass is 10.1. The van der Waals surface area contributed by atoms with Gasteiger partial charge in [-0.2, -0.15) is 10.2 Å². The quantitative estimate of drug-likeness (QED) is 0.513. The first-order chi connectivity index (χ1) is 13.5. The van der Waals surface area contributed by atoms with E-state index in [9.17, 15) is 8.78 Å². The molecule has 0 bridgehead atoms. The summed E-state index contributed by atoms with van der Waals surface area (Å²) in [5, 5.41) is 14.9. The Hall–Kier alpha value is -3.35. The third-order valence-electron chi connectivity index (χ3n) is 4.36. The Morgan fingerprint density at radius 1 is 1.00 bits per heavy atom. The summed E-state index contributed by atoms with van der Waals surface area (Å²) in [4.78, 5) is 4.41. The molecule has 4 aromatic rings. The van der Waals surface area contributed by atoms with E-state index in [1.54, 1.807) is 24.3 Å². The summed E-state index contributed by atoms with van der Waals surface area (Å²) in [6, 6.07) is 9.24. The van der Waals surface area contributed by atoms with Gasteiger partial charge in [0.2, 0.25) is 0 Å². The second kappa shape index (κ2) is 7.34. The number of nitrogens with one attached hydrogen (secondary N) is 2. The van der Waals surface area contributed by atoms with Gasteiger partial charge in [0.1, 0.15) is 17.5 Å². The van der Waals surface area contributed by atoms with E-state index in [2.05, 4.69) is 39.2 Å². The van der Waals surface area contributed by atoms with Gasteiger partial charge < -0.3 is 0 Å². The topological polar surface area (TPSA) is 70.2 Å². The van der Waals surface area contributed by atoms with Crippen LogP contribution >= 0.6 is 0 Å². The summed E-state index contributed by atoms with van der Waals surface area (Å²) < 4.78 is 27.6. The molecule has 5 nitrogen and oxygen atoms in total. The minimum atomic E-state index is -0.416. The van der Waals surface area contributed by atoms with Gasteiger partial charge in [0.15, 0.2) is 5.82 Å². The molecule has 0 spiro atoms. The first kappa shape index (κ1) is 18.0. The highest BCUT2D eigenvalue weighted by Gasteiger charge is 2.15. The Morgan fingerprint density at radius 3 is 2.54 bits per heavy atom. The van der Waals surface area contributed by atoms with Crippen molar-refractivity contribution in [3.8, 4) is 11.4 Å². The molecule has 2 aromatic heterocycles. The highest BCUT2D eigenvalue weighted by atomic mass is 19.1. The fraction of sp³-hybridized carbons (Fsp3) is 0.190. The number of aromatic amines is 2. The number of halogens is 2. The van der Waals surface area contributed by atoms with Crippen molar-refractivity contribution < 1.29 is 8.78 Å². The zero-order valence-electron chi connectivity index (χ0n) is 15.5. The molecule has 2 heterocycles. The average Bonchev–Trinajstić information content (AvgIpc) is 3.26. The molecule has 0 radical (unpaired) electrons. The minimum Gasteiger partial charge on any atom is -0.277 e. The lowest BCUT2D eigenvalue weighted by Gasteiger charge is -2.00. The number of rotatable bonds is 5. The van der Waals surface area contributed by atoms with Crippen molar-refractivity contribution in [2.75, 3.05) is 0 Å². The predicted octanol–water partition coefficient (Wildman–Crippen LogP) is 5.00. The molecule has 0 fully saturated rings. The monoisotopic (exact) mass is 379 g/mol. The van der Waals surface area contributed by atoms with E-state index in [-0.39, 0.29) is 5.82 Å². The summed E-state index contributed by atoms with van der Waals surface area (Å²) in [5.74, 6) is 0.772. The summed E-state index contributed by atoms with van der Waals surface area (Å²) in [5.41, 5.74) is 2.39. The van der Waals surface area contributed by atoms with Crippen LogP contribution in [0.15, 0.2) is 36.4 Å². The fourth-order valence-electron chi connectivity index (χ4n) is 3.00. The highest BCUT2D eigenvalue weighted by molar-refractivity contribution is 5.92. The van der Waals surface area contributed by atoms with Crippen LogP contribution in [-0.2, 0) is 6.42 Å². The van der Waals surface area contributed by atoms with Crippen LogP contribution in [0.5, 0.6) is 0 Å². The molecular formula is C21H19F2N5. The lowest BCUT2D eigenvalue weighted by molar-refractivity contribution is 0.622. The fourth-order valence-corrected chi connectivity index (χ4v) is 3.00. The Bertz CT molecular complexity index is 1140. The summed E-state index contributed by atoms with van der Waals surface area (Å²) in [6.07, 6.45) is 4.37. The second-order valence-corrected chi connectivity index (χ2v) is 7.08. The van der Waals surface area contributed by atoms with Crippen LogP contribution in [0.25, 0.3) is 34.4 Å². The van der Waals surface area contributed by atoms with Gasteiger partial charge in [0.25, 0.3) is 0 Å². The Labute approximate surface area is 160 Å². The zero-order valence-corrected chi connectivity index (χ0v) is 15.5. The Kier molecular flexibility index (Phi) is 4.73. The van der Waals surface area contributed by atoms with Crippen LogP contribution in [0, 0.1) is 17.6 Å². The largest absolute Gasteiger partial charge is 0.277 e. The maximum Gasteiger partial charge on any atom is 0.184 e. The van der Waals surface area contributed by atoms with E-state index < -0.39 is 5.82 Å². The molecule has 28 heavy (non-hydrogen) atoms. The number of benzene rings is 2. The van der Waals surface area contributed by atoms with Gasteiger partial charge in [-0.25, -0.2) is 13.8 Å². The molecule has 0 saturated carbocycles. The number of hydrogen-bond donors (Lipinski definition) is 2. The normalized spacial score (nSPS) is 11.9. The minimum absolute atomic E-state index is 0.286. The van der Waals surface area contributed by atoms with E-state index in [0.29, 0.717) is 28.5 Å². The van der Waals surface area contributed by atoms with Crippen LogP contribution in [0.4, 0.5) is 8.78 Å². The van der Waals surface area contributed by atoms with Crippen LogP contribution in [0.1, 0.15) is 30.9 Å². The van der Waals surface area contributed by atoms with Crippen molar-refractivity contribution in [2.45, 2.75) is 20.3 Å². The van der Waals surface area contributed by atoms with Crippen molar-refractivity contribution in [1.29, 1.82) is 0 Å². The Balaban J connectivity index is 1.69. The first-order valence-corrected chi connectivity index (χ1v) is 9.02. The number of nitrogens with zero attached hydrogens (tertiary/aromatic N) is 3. The zero-order chi connectivity index (χ0) is 19.7. The van der Waals surface area contributed by atoms with E-state index in [0.717, 1.165) is 23.2 Å². The summed E-state index contributed by atoms with van der Waals surface area (Å²) in [6.45, 7) is 4.17. The third kappa shape index (κ3) is 3.69. The van der Waals surface area contributed by atoms with Crippen LogP contribution in [0.3, 0.4) is 0 Å². The lowest BCUT2D eigenvalue weighted by Crippen LogP contribution is -1.96. The number of aromatic nitrogens is 5. The van der Waals surface area contributed by atoms with Gasteiger partial charge in [-0.05, 0) is 35.8 Å². The molecule has 4 rings (SSSR count). The predicted molar refractivity (Wildman–Crippen MR) is 105 cm³/mol. The molecule has 0 saturated heterocycles. The van der Waals surface area contributed by atoms with Crippen LogP contribution < -0.4 is 0 Å². The number of H-pyrrole nitrogens is 2. The van der Waals surface area contributed by atoms with Crippen molar-refractivity contribution in [3.05, 3.63) is 65.1 Å². The Morgan fingerprint density at radius 2 is 1.79 bits per heavy atom. The SMILES string of the molecule is CC(C)Cc1nc(-c2cc3c(/C=C/c4ccc(F)cc4)n[nH]c3cc2F)n[nH]1.